The molecule has 6 heteroatoms. The molecule has 0 N–H and O–H groups in total. The van der Waals surface area contributed by atoms with Crippen LogP contribution in [0.1, 0.15) is 16.1 Å². The first-order chi connectivity index (χ1) is 8.04. The van der Waals surface area contributed by atoms with Gasteiger partial charge in [-0.15, -0.1) is 5.10 Å². The predicted molar refractivity (Wildman–Crippen MR) is 55.4 cm³/mol. The Bertz CT molecular complexity index is 545. The summed E-state index contributed by atoms with van der Waals surface area (Å²) in [5.41, 5.74) is 0.454. The summed E-state index contributed by atoms with van der Waals surface area (Å²) < 4.78 is 27.3. The molecule has 0 radical (unpaired) electrons. The van der Waals surface area contributed by atoms with Crippen molar-refractivity contribution in [2.24, 2.45) is 7.05 Å². The van der Waals surface area contributed by atoms with E-state index in [1.54, 1.807) is 13.2 Å². The average Bonchev–Trinajstić information content (AvgIpc) is 2.62. The molecule has 0 bridgehead atoms. The van der Waals surface area contributed by atoms with Crippen molar-refractivity contribution in [2.75, 3.05) is 0 Å². The number of carbonyl (C=O) groups excluding carboxylic acids is 1. The number of aromatic nitrogens is 3. The van der Waals surface area contributed by atoms with Gasteiger partial charge in [0.15, 0.2) is 5.78 Å². The second-order valence-corrected chi connectivity index (χ2v) is 3.64. The highest BCUT2D eigenvalue weighted by atomic mass is 19.1. The Hall–Kier alpha value is -2.11. The summed E-state index contributed by atoms with van der Waals surface area (Å²) in [5.74, 6) is -1.94. The third-order valence-corrected chi connectivity index (χ3v) is 2.18. The summed E-state index contributed by atoms with van der Waals surface area (Å²) in [5, 5.41) is 7.40. The van der Waals surface area contributed by atoms with Crippen molar-refractivity contribution in [1.82, 2.24) is 15.0 Å². The average molecular weight is 237 g/mol. The van der Waals surface area contributed by atoms with Gasteiger partial charge in [-0.25, -0.2) is 8.78 Å². The maximum Gasteiger partial charge on any atom is 0.169 e. The van der Waals surface area contributed by atoms with Crippen LogP contribution in [0, 0.1) is 11.6 Å². The van der Waals surface area contributed by atoms with Crippen LogP contribution in [0.3, 0.4) is 0 Å². The Morgan fingerprint density at radius 1 is 1.29 bits per heavy atom. The fourth-order valence-electron chi connectivity index (χ4n) is 1.46. The standard InChI is InChI=1S/C11H9F2N3O/c1-16-6-10(14-15-16)5-11(17)7-2-8(12)4-9(13)3-7/h2-4,6H,5H2,1H3. The third kappa shape index (κ3) is 2.72. The molecule has 17 heavy (non-hydrogen) atoms. The lowest BCUT2D eigenvalue weighted by molar-refractivity contribution is 0.0991. The van der Waals surface area contributed by atoms with Crippen molar-refractivity contribution >= 4 is 5.78 Å². The molecule has 0 atom stereocenters. The van der Waals surface area contributed by atoms with Gasteiger partial charge in [0, 0.05) is 24.9 Å². The Morgan fingerprint density at radius 2 is 1.94 bits per heavy atom. The van der Waals surface area contributed by atoms with Gasteiger partial charge in [0.05, 0.1) is 12.1 Å². The smallest absolute Gasteiger partial charge is 0.169 e. The Balaban J connectivity index is 2.19. The zero-order valence-electron chi connectivity index (χ0n) is 9.02. The molecular weight excluding hydrogens is 228 g/mol. The summed E-state index contributed by atoms with van der Waals surface area (Å²) in [6.07, 6.45) is 1.55. The molecule has 0 aliphatic rings. The normalized spacial score (nSPS) is 10.5. The topological polar surface area (TPSA) is 47.8 Å². The minimum absolute atomic E-state index is 0.00634. The van der Waals surface area contributed by atoms with Crippen molar-refractivity contribution in [3.63, 3.8) is 0 Å². The van der Waals surface area contributed by atoms with E-state index in [1.807, 2.05) is 0 Å². The molecule has 1 aromatic heterocycles. The molecule has 2 aromatic rings. The van der Waals surface area contributed by atoms with Crippen molar-refractivity contribution in [3.05, 3.63) is 47.3 Å². The number of rotatable bonds is 3. The van der Waals surface area contributed by atoms with Crippen molar-refractivity contribution in [1.29, 1.82) is 0 Å². The number of ketones is 1. The second kappa shape index (κ2) is 4.40. The van der Waals surface area contributed by atoms with Gasteiger partial charge < -0.3 is 0 Å². The Labute approximate surface area is 95.9 Å². The minimum Gasteiger partial charge on any atom is -0.294 e. The van der Waals surface area contributed by atoms with Crippen LogP contribution in [0.2, 0.25) is 0 Å². The zero-order valence-corrected chi connectivity index (χ0v) is 9.02. The van der Waals surface area contributed by atoms with Crippen molar-refractivity contribution in [3.8, 4) is 0 Å². The van der Waals surface area contributed by atoms with Gasteiger partial charge in [-0.05, 0) is 12.1 Å². The summed E-state index contributed by atoms with van der Waals surface area (Å²) in [7, 11) is 1.67. The van der Waals surface area contributed by atoms with Crippen molar-refractivity contribution in [2.45, 2.75) is 6.42 Å². The fraction of sp³-hybridized carbons (Fsp3) is 0.182. The number of Topliss-reactive ketones (excluding diaryl/α,β-unsaturated/α-hetero) is 1. The van der Waals surface area contributed by atoms with E-state index in [-0.39, 0.29) is 12.0 Å². The summed E-state index contributed by atoms with van der Waals surface area (Å²) >= 11 is 0. The largest absolute Gasteiger partial charge is 0.294 e. The van der Waals surface area contributed by atoms with Gasteiger partial charge in [0.1, 0.15) is 11.6 Å². The zero-order chi connectivity index (χ0) is 12.4. The monoisotopic (exact) mass is 237 g/mol. The number of benzene rings is 1. The lowest BCUT2D eigenvalue weighted by Gasteiger charge is -1.99. The van der Waals surface area contributed by atoms with Gasteiger partial charge in [0.25, 0.3) is 0 Å². The van der Waals surface area contributed by atoms with E-state index < -0.39 is 17.4 Å². The van der Waals surface area contributed by atoms with Crippen LogP contribution in [0.4, 0.5) is 8.78 Å². The lowest BCUT2D eigenvalue weighted by atomic mass is 10.1. The number of nitrogens with zero attached hydrogens (tertiary/aromatic N) is 3. The van der Waals surface area contributed by atoms with E-state index in [4.69, 9.17) is 0 Å². The van der Waals surface area contributed by atoms with E-state index in [2.05, 4.69) is 10.3 Å². The number of halogens is 2. The molecule has 0 fully saturated rings. The summed E-state index contributed by atoms with van der Waals surface area (Å²) in [4.78, 5) is 11.7. The highest BCUT2D eigenvalue weighted by molar-refractivity contribution is 5.97. The maximum absolute atomic E-state index is 12.9. The molecule has 88 valence electrons. The molecule has 4 nitrogen and oxygen atoms in total. The molecule has 0 spiro atoms. The molecule has 0 amide bonds. The Kier molecular flexibility index (Phi) is 2.95. The highest BCUT2D eigenvalue weighted by Gasteiger charge is 2.12. The van der Waals surface area contributed by atoms with Gasteiger partial charge >= 0.3 is 0 Å². The number of aryl methyl sites for hydroxylation is 1. The number of carbonyl (C=O) groups is 1. The second-order valence-electron chi connectivity index (χ2n) is 3.64. The van der Waals surface area contributed by atoms with Crippen molar-refractivity contribution < 1.29 is 13.6 Å². The molecule has 1 aromatic carbocycles. The van der Waals surface area contributed by atoms with Crippen LogP contribution < -0.4 is 0 Å². The molecule has 0 saturated heterocycles. The molecule has 2 rings (SSSR count). The Morgan fingerprint density at radius 3 is 2.47 bits per heavy atom. The number of hydrogen-bond acceptors (Lipinski definition) is 3. The van der Waals surface area contributed by atoms with Gasteiger partial charge in [-0.2, -0.15) is 0 Å². The van der Waals surface area contributed by atoms with Gasteiger partial charge in [-0.3, -0.25) is 9.48 Å². The molecule has 1 heterocycles. The van der Waals surface area contributed by atoms with Crippen LogP contribution in [0.25, 0.3) is 0 Å². The third-order valence-electron chi connectivity index (χ3n) is 2.18. The van der Waals surface area contributed by atoms with E-state index in [0.29, 0.717) is 5.69 Å². The van der Waals surface area contributed by atoms with Crippen LogP contribution in [0.5, 0.6) is 0 Å². The van der Waals surface area contributed by atoms with E-state index >= 15 is 0 Å². The first-order valence-electron chi connectivity index (χ1n) is 4.89. The van der Waals surface area contributed by atoms with E-state index in [1.165, 1.54) is 4.68 Å². The molecule has 0 aliphatic carbocycles. The lowest BCUT2D eigenvalue weighted by Crippen LogP contribution is -2.05. The fourth-order valence-corrected chi connectivity index (χ4v) is 1.46. The van der Waals surface area contributed by atoms with Crippen LogP contribution in [0.15, 0.2) is 24.4 Å². The quantitative estimate of drug-likeness (QED) is 0.760. The first-order valence-corrected chi connectivity index (χ1v) is 4.89. The summed E-state index contributed by atoms with van der Waals surface area (Å²) in [6, 6.07) is 2.72. The van der Waals surface area contributed by atoms with Crippen LogP contribution in [-0.4, -0.2) is 20.8 Å². The minimum atomic E-state index is -0.771. The van der Waals surface area contributed by atoms with Crippen LogP contribution in [-0.2, 0) is 13.5 Å². The van der Waals surface area contributed by atoms with Crippen LogP contribution >= 0.6 is 0 Å². The van der Waals surface area contributed by atoms with Gasteiger partial charge in [0.2, 0.25) is 0 Å². The highest BCUT2D eigenvalue weighted by Crippen LogP contribution is 2.10. The van der Waals surface area contributed by atoms with Gasteiger partial charge in [-0.1, -0.05) is 5.21 Å². The maximum atomic E-state index is 12.9. The SMILES string of the molecule is Cn1cc(CC(=O)c2cc(F)cc(F)c2)nn1. The molecule has 0 aliphatic heterocycles. The van der Waals surface area contributed by atoms with E-state index in [0.717, 1.165) is 18.2 Å². The molecule has 0 unspecified atom stereocenters. The number of hydrogen-bond donors (Lipinski definition) is 0. The summed E-state index contributed by atoms with van der Waals surface area (Å²) in [6.45, 7) is 0. The molecular formula is C11H9F2N3O. The predicted octanol–water partition coefficient (Wildman–Crippen LogP) is 1.52. The molecule has 0 saturated carbocycles. The van der Waals surface area contributed by atoms with E-state index in [9.17, 15) is 13.6 Å². The first kappa shape index (κ1) is 11.4.